The first-order valence-electron chi connectivity index (χ1n) is 6.16. The molecule has 106 valence electrons. The fraction of sp³-hybridized carbons (Fsp3) is 0.545. The summed E-state index contributed by atoms with van der Waals surface area (Å²) >= 11 is 0. The summed E-state index contributed by atoms with van der Waals surface area (Å²) in [6, 6.07) is 0. The summed E-state index contributed by atoms with van der Waals surface area (Å²) in [5.74, 6) is 0.335. The molecule has 9 nitrogen and oxygen atoms in total. The smallest absolute Gasteiger partial charge is 0.358 e. The van der Waals surface area contributed by atoms with Crippen molar-refractivity contribution in [1.82, 2.24) is 25.1 Å². The number of nitrogens with zero attached hydrogens (tertiary/aromatic N) is 5. The molecular weight excluding hydrogens is 266 g/mol. The lowest BCUT2D eigenvalue weighted by Gasteiger charge is -2.02. The molecule has 0 radical (unpaired) electrons. The first-order valence-corrected chi connectivity index (χ1v) is 6.16. The molecule has 0 atom stereocenters. The molecule has 0 aromatic carbocycles. The number of aromatic carboxylic acids is 1. The Morgan fingerprint density at radius 2 is 2.35 bits per heavy atom. The summed E-state index contributed by atoms with van der Waals surface area (Å²) in [5.41, 5.74) is 0.236. The molecule has 0 amide bonds. The van der Waals surface area contributed by atoms with Gasteiger partial charge in [0.25, 0.3) is 0 Å². The zero-order chi connectivity index (χ0) is 14.1. The van der Waals surface area contributed by atoms with Crippen LogP contribution in [0.1, 0.15) is 46.7 Å². The van der Waals surface area contributed by atoms with Crippen LogP contribution in [0.5, 0.6) is 0 Å². The lowest BCUT2D eigenvalue weighted by Crippen LogP contribution is -2.10. The summed E-state index contributed by atoms with van der Waals surface area (Å²) in [6.07, 6.45) is 2.17. The largest absolute Gasteiger partial charge is 0.476 e. The van der Waals surface area contributed by atoms with E-state index in [1.54, 1.807) is 0 Å². The van der Waals surface area contributed by atoms with Crippen LogP contribution in [0.25, 0.3) is 0 Å². The fourth-order valence-electron chi connectivity index (χ4n) is 1.87. The minimum Gasteiger partial charge on any atom is -0.476 e. The summed E-state index contributed by atoms with van der Waals surface area (Å²) in [6.45, 7) is 0.275. The van der Waals surface area contributed by atoms with Gasteiger partial charge in [0.05, 0.1) is 12.3 Å². The van der Waals surface area contributed by atoms with Crippen molar-refractivity contribution in [3.63, 3.8) is 0 Å². The highest BCUT2D eigenvalue weighted by Gasteiger charge is 2.29. The predicted molar refractivity (Wildman–Crippen MR) is 63.1 cm³/mol. The van der Waals surface area contributed by atoms with Crippen molar-refractivity contribution < 1.29 is 19.2 Å². The highest BCUT2D eigenvalue weighted by atomic mass is 16.5. The summed E-state index contributed by atoms with van der Waals surface area (Å²) in [7, 11) is 1.47. The minimum atomic E-state index is -1.15. The van der Waals surface area contributed by atoms with Crippen LogP contribution in [-0.4, -0.2) is 43.3 Å². The first kappa shape index (κ1) is 12.7. The van der Waals surface area contributed by atoms with Crippen LogP contribution in [0.2, 0.25) is 0 Å². The molecule has 0 spiro atoms. The number of ether oxygens (including phenoxy) is 1. The van der Waals surface area contributed by atoms with E-state index in [1.807, 2.05) is 0 Å². The van der Waals surface area contributed by atoms with Crippen LogP contribution < -0.4 is 0 Å². The second-order valence-corrected chi connectivity index (χ2v) is 4.60. The number of carbonyl (C=O) groups is 1. The maximum absolute atomic E-state index is 11.0. The summed E-state index contributed by atoms with van der Waals surface area (Å²) in [5, 5.41) is 20.4. The lowest BCUT2D eigenvalue weighted by atomic mass is 10.3. The Bertz CT molecular complexity index is 631. The van der Waals surface area contributed by atoms with Gasteiger partial charge in [-0.05, 0) is 12.8 Å². The highest BCUT2D eigenvalue weighted by Crippen LogP contribution is 2.38. The molecule has 1 aliphatic rings. The molecule has 0 aliphatic heterocycles. The van der Waals surface area contributed by atoms with Gasteiger partial charge >= 0.3 is 5.97 Å². The first-order chi connectivity index (χ1) is 9.69. The molecule has 20 heavy (non-hydrogen) atoms. The molecule has 1 saturated carbocycles. The second kappa shape index (κ2) is 5.00. The Morgan fingerprint density at radius 3 is 3.00 bits per heavy atom. The Morgan fingerprint density at radius 1 is 1.55 bits per heavy atom. The minimum absolute atomic E-state index is 0.0955. The molecule has 3 rings (SSSR count). The van der Waals surface area contributed by atoms with E-state index in [0.717, 1.165) is 12.8 Å². The van der Waals surface area contributed by atoms with Crippen molar-refractivity contribution in [1.29, 1.82) is 0 Å². The van der Waals surface area contributed by atoms with Gasteiger partial charge in [-0.3, -0.25) is 0 Å². The van der Waals surface area contributed by atoms with E-state index in [2.05, 4.69) is 20.5 Å². The summed E-state index contributed by atoms with van der Waals surface area (Å²) in [4.78, 5) is 15.3. The van der Waals surface area contributed by atoms with E-state index in [-0.39, 0.29) is 18.8 Å². The van der Waals surface area contributed by atoms with Gasteiger partial charge in [-0.15, -0.1) is 5.10 Å². The molecule has 2 aromatic heterocycles. The third-order valence-electron chi connectivity index (χ3n) is 3.03. The van der Waals surface area contributed by atoms with Crippen molar-refractivity contribution in [2.45, 2.75) is 31.9 Å². The maximum atomic E-state index is 11.0. The number of hydrogen-bond acceptors (Lipinski definition) is 7. The fourth-order valence-corrected chi connectivity index (χ4v) is 1.87. The maximum Gasteiger partial charge on any atom is 0.358 e. The van der Waals surface area contributed by atoms with Crippen LogP contribution >= 0.6 is 0 Å². The third kappa shape index (κ3) is 2.39. The lowest BCUT2D eigenvalue weighted by molar-refractivity contribution is 0.0684. The Balaban J connectivity index is 1.83. The van der Waals surface area contributed by atoms with Crippen molar-refractivity contribution in [2.24, 2.45) is 0 Å². The zero-order valence-electron chi connectivity index (χ0n) is 10.8. The molecule has 1 fully saturated rings. The van der Waals surface area contributed by atoms with E-state index < -0.39 is 5.97 Å². The standard InChI is InChI=1S/C11H13N5O4/c1-19-5-7-9(11(17)18)13-15-16(7)4-8-12-10(14-20-8)6-2-3-6/h6H,2-5H2,1H3,(H,17,18). The van der Waals surface area contributed by atoms with E-state index in [0.29, 0.717) is 23.3 Å². The Kier molecular flexibility index (Phi) is 3.18. The number of carboxylic acids is 1. The average molecular weight is 279 g/mol. The van der Waals surface area contributed by atoms with Gasteiger partial charge in [-0.2, -0.15) is 4.98 Å². The number of hydrogen-bond donors (Lipinski definition) is 1. The number of rotatable bonds is 6. The molecule has 1 aliphatic carbocycles. The molecule has 1 N–H and O–H groups in total. The monoisotopic (exact) mass is 279 g/mol. The normalized spacial score (nSPS) is 14.7. The Hall–Kier alpha value is -2.29. The average Bonchev–Trinajstić information content (AvgIpc) is 3.04. The summed E-state index contributed by atoms with van der Waals surface area (Å²) < 4.78 is 11.5. The van der Waals surface area contributed by atoms with Gasteiger partial charge in [-0.25, -0.2) is 9.48 Å². The predicted octanol–water partition coefficient (Wildman–Crippen LogP) is 0.431. The van der Waals surface area contributed by atoms with Crippen molar-refractivity contribution in [2.75, 3.05) is 7.11 Å². The van der Waals surface area contributed by atoms with Crippen molar-refractivity contribution in [3.05, 3.63) is 23.1 Å². The van der Waals surface area contributed by atoms with Crippen LogP contribution in [0.3, 0.4) is 0 Å². The number of aromatic nitrogens is 5. The van der Waals surface area contributed by atoms with Crippen LogP contribution in [0, 0.1) is 0 Å². The quantitative estimate of drug-likeness (QED) is 0.809. The molecular formula is C11H13N5O4. The van der Waals surface area contributed by atoms with E-state index >= 15 is 0 Å². The van der Waals surface area contributed by atoms with Gasteiger partial charge in [0, 0.05) is 13.0 Å². The topological polar surface area (TPSA) is 116 Å². The molecule has 0 saturated heterocycles. The van der Waals surface area contributed by atoms with Crippen molar-refractivity contribution >= 4 is 5.97 Å². The molecule has 0 bridgehead atoms. The van der Waals surface area contributed by atoms with E-state index in [1.165, 1.54) is 11.8 Å². The van der Waals surface area contributed by atoms with E-state index in [9.17, 15) is 4.79 Å². The molecule has 2 aromatic rings. The van der Waals surface area contributed by atoms with Crippen LogP contribution in [0.15, 0.2) is 4.52 Å². The van der Waals surface area contributed by atoms with Gasteiger partial charge < -0.3 is 14.4 Å². The van der Waals surface area contributed by atoms with Gasteiger partial charge in [0.15, 0.2) is 11.5 Å². The van der Waals surface area contributed by atoms with Crippen LogP contribution in [-0.2, 0) is 17.9 Å². The van der Waals surface area contributed by atoms with Crippen molar-refractivity contribution in [3.8, 4) is 0 Å². The zero-order valence-corrected chi connectivity index (χ0v) is 10.8. The van der Waals surface area contributed by atoms with Gasteiger partial charge in [-0.1, -0.05) is 10.4 Å². The SMILES string of the molecule is COCc1c(C(=O)O)nnn1Cc1nc(C2CC2)no1. The van der Waals surface area contributed by atoms with Crippen LogP contribution in [0.4, 0.5) is 0 Å². The molecule has 2 heterocycles. The molecule has 9 heteroatoms. The second-order valence-electron chi connectivity index (χ2n) is 4.60. The number of methoxy groups -OCH3 is 1. The van der Waals surface area contributed by atoms with E-state index in [4.69, 9.17) is 14.4 Å². The number of carboxylic acid groups (broad SMARTS) is 1. The highest BCUT2D eigenvalue weighted by molar-refractivity contribution is 5.86. The Labute approximate surface area is 113 Å². The molecule has 0 unspecified atom stereocenters. The third-order valence-corrected chi connectivity index (χ3v) is 3.03. The van der Waals surface area contributed by atoms with Gasteiger partial charge in [0.2, 0.25) is 5.89 Å². The van der Waals surface area contributed by atoms with Gasteiger partial charge in [0.1, 0.15) is 6.54 Å².